The maximum Gasteiger partial charge on any atom is 0.0890 e. The van der Waals surface area contributed by atoms with Crippen LogP contribution in [0, 0.1) is 0 Å². The fourth-order valence-electron chi connectivity index (χ4n) is 0.257. The molecule has 0 saturated carbocycles. The van der Waals surface area contributed by atoms with Crippen LogP contribution >= 0.6 is 44.8 Å². The van der Waals surface area contributed by atoms with E-state index in [0.717, 1.165) is 12.8 Å². The minimum atomic E-state index is 0.206. The van der Waals surface area contributed by atoms with E-state index in [1.54, 1.807) is 21.6 Å². The van der Waals surface area contributed by atoms with Crippen molar-refractivity contribution in [3.63, 3.8) is 0 Å². The molecule has 2 atom stereocenters. The molecule has 0 bridgehead atoms. The molecule has 0 aromatic rings. The van der Waals surface area contributed by atoms with Crippen molar-refractivity contribution in [1.29, 1.82) is 0 Å². The van der Waals surface area contributed by atoms with Gasteiger partial charge in [0.1, 0.15) is 0 Å². The zero-order valence-corrected chi connectivity index (χ0v) is 9.29. The lowest BCUT2D eigenvalue weighted by molar-refractivity contribution is 1.05. The van der Waals surface area contributed by atoms with Crippen molar-refractivity contribution in [2.24, 2.45) is 0 Å². The number of rotatable bonds is 5. The van der Waals surface area contributed by atoms with Crippen molar-refractivity contribution >= 4 is 44.8 Å². The van der Waals surface area contributed by atoms with Crippen molar-refractivity contribution in [3.05, 3.63) is 0 Å². The minimum absolute atomic E-state index is 0.206. The summed E-state index contributed by atoms with van der Waals surface area (Å²) in [4.78, 5) is 0. The van der Waals surface area contributed by atoms with E-state index < -0.39 is 0 Å². The molecule has 0 aliphatic carbocycles. The summed E-state index contributed by atoms with van der Waals surface area (Å²) in [5.74, 6) is 0. The second kappa shape index (κ2) is 6.96. The van der Waals surface area contributed by atoms with Gasteiger partial charge in [0.05, 0.1) is 9.42 Å². The highest BCUT2D eigenvalue weighted by molar-refractivity contribution is 8.77. The summed E-state index contributed by atoms with van der Waals surface area (Å²) in [5, 5.41) is 0. The van der Waals surface area contributed by atoms with Crippen LogP contribution in [0.15, 0.2) is 0 Å². The van der Waals surface area contributed by atoms with Crippen LogP contribution < -0.4 is 0 Å². The summed E-state index contributed by atoms with van der Waals surface area (Å²) >= 11 is 11.7. The quantitative estimate of drug-likeness (QED) is 0.499. The van der Waals surface area contributed by atoms with Gasteiger partial charge in [0.25, 0.3) is 0 Å². The molecule has 0 aromatic heterocycles. The Morgan fingerprint density at radius 3 is 1.50 bits per heavy atom. The van der Waals surface area contributed by atoms with Gasteiger partial charge in [0.15, 0.2) is 0 Å². The van der Waals surface area contributed by atoms with E-state index in [0.29, 0.717) is 0 Å². The highest BCUT2D eigenvalue weighted by Gasteiger charge is 2.06. The summed E-state index contributed by atoms with van der Waals surface area (Å²) in [7, 11) is 3.32. The van der Waals surface area contributed by atoms with E-state index in [1.165, 1.54) is 0 Å². The minimum Gasteiger partial charge on any atom is -0.110 e. The molecular weight excluding hydrogens is 207 g/mol. The van der Waals surface area contributed by atoms with Crippen LogP contribution in [0.5, 0.6) is 0 Å². The van der Waals surface area contributed by atoms with Gasteiger partial charge in [0.2, 0.25) is 0 Å². The summed E-state index contributed by atoms with van der Waals surface area (Å²) in [6, 6.07) is 0. The van der Waals surface area contributed by atoms with Gasteiger partial charge in [-0.2, -0.15) is 0 Å². The molecule has 0 nitrogen and oxygen atoms in total. The van der Waals surface area contributed by atoms with Gasteiger partial charge in [-0.1, -0.05) is 35.4 Å². The van der Waals surface area contributed by atoms with Gasteiger partial charge < -0.3 is 0 Å². The maximum absolute atomic E-state index is 5.85. The first kappa shape index (κ1) is 11.3. The molecule has 0 radical (unpaired) electrons. The molecular formula is C6H12Cl2S2. The third kappa shape index (κ3) is 6.02. The third-order valence-electron chi connectivity index (χ3n) is 0.906. The van der Waals surface area contributed by atoms with E-state index in [4.69, 9.17) is 23.2 Å². The molecule has 0 spiro atoms. The Kier molecular flexibility index (Phi) is 7.85. The normalized spacial score (nSPS) is 16.8. The second-order valence-corrected chi connectivity index (χ2v) is 6.08. The topological polar surface area (TPSA) is 0 Å². The summed E-state index contributed by atoms with van der Waals surface area (Å²) < 4.78 is 0.413. The van der Waals surface area contributed by atoms with Crippen LogP contribution in [0.3, 0.4) is 0 Å². The Morgan fingerprint density at radius 2 is 1.30 bits per heavy atom. The molecule has 0 rings (SSSR count). The predicted octanol–water partition coefficient (Wildman–Crippen LogP) is 4.32. The summed E-state index contributed by atoms with van der Waals surface area (Å²) in [5.41, 5.74) is 0. The number of hydrogen-bond acceptors (Lipinski definition) is 2. The van der Waals surface area contributed by atoms with Crippen molar-refractivity contribution in [3.8, 4) is 0 Å². The zero-order chi connectivity index (χ0) is 7.98. The molecule has 0 aliphatic heterocycles. The SMILES string of the molecule is CCC(Cl)SSC(Cl)CC. The van der Waals surface area contributed by atoms with Gasteiger partial charge in [-0.15, -0.1) is 23.2 Å². The second-order valence-electron chi connectivity index (χ2n) is 1.83. The molecule has 0 heterocycles. The van der Waals surface area contributed by atoms with Crippen LogP contribution in [0.2, 0.25) is 0 Å². The average molecular weight is 219 g/mol. The largest absolute Gasteiger partial charge is 0.110 e. The molecule has 0 aliphatic rings. The van der Waals surface area contributed by atoms with Gasteiger partial charge in [0, 0.05) is 0 Å². The predicted molar refractivity (Wildman–Crippen MR) is 55.0 cm³/mol. The van der Waals surface area contributed by atoms with Crippen LogP contribution in [-0.2, 0) is 0 Å². The highest BCUT2D eigenvalue weighted by atomic mass is 35.5. The van der Waals surface area contributed by atoms with E-state index in [-0.39, 0.29) is 9.42 Å². The van der Waals surface area contributed by atoms with Crippen molar-refractivity contribution < 1.29 is 0 Å². The van der Waals surface area contributed by atoms with E-state index in [9.17, 15) is 0 Å². The first-order valence-electron chi connectivity index (χ1n) is 3.31. The molecule has 62 valence electrons. The first-order valence-corrected chi connectivity index (χ1v) is 6.45. The fourth-order valence-corrected chi connectivity index (χ4v) is 3.07. The molecule has 0 N–H and O–H groups in total. The lowest BCUT2D eigenvalue weighted by atomic mass is 10.6. The van der Waals surface area contributed by atoms with Crippen LogP contribution in [0.1, 0.15) is 26.7 Å². The molecule has 0 aromatic carbocycles. The zero-order valence-electron chi connectivity index (χ0n) is 6.14. The maximum atomic E-state index is 5.85. The van der Waals surface area contributed by atoms with E-state index >= 15 is 0 Å². The molecule has 0 amide bonds. The average Bonchev–Trinajstić information content (AvgIpc) is 1.99. The van der Waals surface area contributed by atoms with Gasteiger partial charge >= 0.3 is 0 Å². The van der Waals surface area contributed by atoms with Gasteiger partial charge in [-0.25, -0.2) is 0 Å². The van der Waals surface area contributed by atoms with E-state index in [2.05, 4.69) is 13.8 Å². The van der Waals surface area contributed by atoms with Gasteiger partial charge in [-0.3, -0.25) is 0 Å². The summed E-state index contributed by atoms with van der Waals surface area (Å²) in [6.45, 7) is 4.14. The van der Waals surface area contributed by atoms with Gasteiger partial charge in [-0.05, 0) is 12.8 Å². The molecule has 0 saturated heterocycles. The lowest BCUT2D eigenvalue weighted by Gasteiger charge is -2.07. The molecule has 0 fully saturated rings. The fraction of sp³-hybridized carbons (Fsp3) is 1.00. The molecule has 2 unspecified atom stereocenters. The monoisotopic (exact) mass is 218 g/mol. The number of alkyl halides is 2. The Labute approximate surface area is 80.8 Å². The van der Waals surface area contributed by atoms with Crippen molar-refractivity contribution in [1.82, 2.24) is 0 Å². The molecule has 4 heteroatoms. The van der Waals surface area contributed by atoms with Crippen molar-refractivity contribution in [2.45, 2.75) is 36.1 Å². The Balaban J connectivity index is 3.17. The van der Waals surface area contributed by atoms with Crippen molar-refractivity contribution in [2.75, 3.05) is 0 Å². The summed E-state index contributed by atoms with van der Waals surface area (Å²) in [6.07, 6.45) is 1.99. The number of hydrogen-bond donors (Lipinski definition) is 0. The van der Waals surface area contributed by atoms with E-state index in [1.807, 2.05) is 0 Å². The Morgan fingerprint density at radius 1 is 1.00 bits per heavy atom. The standard InChI is InChI=1S/C6H12Cl2S2/c1-3-5(7)9-10-6(8)4-2/h5-6H,3-4H2,1-2H3. The lowest BCUT2D eigenvalue weighted by Crippen LogP contribution is -1.89. The Bertz CT molecular complexity index is 70.1. The van der Waals surface area contributed by atoms with Crippen LogP contribution in [0.25, 0.3) is 0 Å². The highest BCUT2D eigenvalue weighted by Crippen LogP contribution is 2.37. The smallest absolute Gasteiger partial charge is 0.0890 e. The number of halogens is 2. The first-order chi connectivity index (χ1) is 4.70. The van der Waals surface area contributed by atoms with Crippen LogP contribution in [0.4, 0.5) is 0 Å². The third-order valence-corrected chi connectivity index (χ3v) is 5.61. The molecule has 10 heavy (non-hydrogen) atoms. The Hall–Kier alpha value is 1.28. The van der Waals surface area contributed by atoms with Crippen LogP contribution in [-0.4, -0.2) is 9.42 Å².